The van der Waals surface area contributed by atoms with Gasteiger partial charge in [-0.05, 0) is 47.7 Å². The number of benzene rings is 2. The van der Waals surface area contributed by atoms with Crippen LogP contribution in [0.15, 0.2) is 77.8 Å². The standard InChI is InChI=1S/C23H20N2O3S/c1-28-18-11-9-16(10-12-18)13-14-25-22(26)20(19-8-5-15-29-19)21(23(25)27)24-17-6-3-2-4-7-17/h2-12,15,24H,13-14H2,1H3. The quantitative estimate of drug-likeness (QED) is 0.600. The van der Waals surface area contributed by atoms with Crippen LogP contribution in [-0.4, -0.2) is 30.4 Å². The van der Waals surface area contributed by atoms with Crippen LogP contribution in [0.4, 0.5) is 5.69 Å². The Morgan fingerprint density at radius 2 is 1.69 bits per heavy atom. The van der Waals surface area contributed by atoms with Crippen molar-refractivity contribution >= 4 is 34.4 Å². The van der Waals surface area contributed by atoms with Crippen molar-refractivity contribution in [3.05, 3.63) is 88.2 Å². The third-order valence-corrected chi connectivity index (χ3v) is 5.65. The Morgan fingerprint density at radius 1 is 0.931 bits per heavy atom. The molecule has 1 aliphatic heterocycles. The van der Waals surface area contributed by atoms with E-state index in [0.717, 1.165) is 21.9 Å². The first-order valence-corrected chi connectivity index (χ1v) is 10.1. The molecule has 2 amide bonds. The molecule has 0 saturated carbocycles. The molecule has 0 spiro atoms. The lowest BCUT2D eigenvalue weighted by Crippen LogP contribution is -2.34. The van der Waals surface area contributed by atoms with Gasteiger partial charge in [0.05, 0.1) is 12.7 Å². The third kappa shape index (κ3) is 3.93. The highest BCUT2D eigenvalue weighted by Crippen LogP contribution is 2.33. The molecule has 0 aliphatic carbocycles. The van der Waals surface area contributed by atoms with Crippen molar-refractivity contribution in [2.45, 2.75) is 6.42 Å². The van der Waals surface area contributed by atoms with Gasteiger partial charge in [0.25, 0.3) is 11.8 Å². The fourth-order valence-corrected chi connectivity index (χ4v) is 4.01. The average molecular weight is 404 g/mol. The normalized spacial score (nSPS) is 13.9. The zero-order valence-electron chi connectivity index (χ0n) is 15.9. The Hall–Kier alpha value is -3.38. The number of hydrogen-bond acceptors (Lipinski definition) is 5. The first-order chi connectivity index (χ1) is 14.2. The Bertz CT molecular complexity index is 1040. The van der Waals surface area contributed by atoms with Crippen molar-refractivity contribution in [3.63, 3.8) is 0 Å². The zero-order chi connectivity index (χ0) is 20.2. The molecule has 6 heteroatoms. The predicted molar refractivity (Wildman–Crippen MR) is 115 cm³/mol. The summed E-state index contributed by atoms with van der Waals surface area (Å²) in [5.41, 5.74) is 2.57. The molecular weight excluding hydrogens is 384 g/mol. The number of thiophene rings is 1. The molecule has 0 radical (unpaired) electrons. The van der Waals surface area contributed by atoms with Crippen molar-refractivity contribution in [1.29, 1.82) is 0 Å². The molecule has 1 N–H and O–H groups in total. The summed E-state index contributed by atoms with van der Waals surface area (Å²) in [5, 5.41) is 5.06. The van der Waals surface area contributed by atoms with Crippen LogP contribution in [0, 0.1) is 0 Å². The summed E-state index contributed by atoms with van der Waals surface area (Å²) in [7, 11) is 1.62. The molecule has 0 fully saturated rings. The van der Waals surface area contributed by atoms with E-state index >= 15 is 0 Å². The molecular formula is C23H20N2O3S. The summed E-state index contributed by atoms with van der Waals surface area (Å²) in [6.07, 6.45) is 0.581. The Balaban J connectivity index is 1.58. The summed E-state index contributed by atoms with van der Waals surface area (Å²) in [6, 6.07) is 20.8. The van der Waals surface area contributed by atoms with Gasteiger partial charge in [0.2, 0.25) is 0 Å². The summed E-state index contributed by atoms with van der Waals surface area (Å²) >= 11 is 1.45. The number of carbonyl (C=O) groups excluding carboxylic acids is 2. The van der Waals surface area contributed by atoms with E-state index in [9.17, 15) is 9.59 Å². The fourth-order valence-electron chi connectivity index (χ4n) is 3.24. The van der Waals surface area contributed by atoms with E-state index in [4.69, 9.17) is 4.74 Å². The van der Waals surface area contributed by atoms with Gasteiger partial charge < -0.3 is 10.1 Å². The van der Waals surface area contributed by atoms with Gasteiger partial charge in [0.1, 0.15) is 11.4 Å². The number of para-hydroxylation sites is 1. The zero-order valence-corrected chi connectivity index (χ0v) is 16.7. The Labute approximate surface area is 173 Å². The van der Waals surface area contributed by atoms with Gasteiger partial charge in [-0.1, -0.05) is 36.4 Å². The monoisotopic (exact) mass is 404 g/mol. The third-order valence-electron chi connectivity index (χ3n) is 4.76. The van der Waals surface area contributed by atoms with E-state index in [2.05, 4.69) is 5.32 Å². The van der Waals surface area contributed by atoms with Crippen molar-refractivity contribution in [2.24, 2.45) is 0 Å². The van der Waals surface area contributed by atoms with Gasteiger partial charge >= 0.3 is 0 Å². The Kier molecular flexibility index (Phi) is 5.44. The Morgan fingerprint density at radius 3 is 2.34 bits per heavy atom. The van der Waals surface area contributed by atoms with Crippen molar-refractivity contribution < 1.29 is 14.3 Å². The highest BCUT2D eigenvalue weighted by Gasteiger charge is 2.39. The minimum absolute atomic E-state index is 0.260. The largest absolute Gasteiger partial charge is 0.497 e. The molecule has 2 heterocycles. The van der Waals surface area contributed by atoms with E-state index in [1.54, 1.807) is 7.11 Å². The van der Waals surface area contributed by atoms with Crippen LogP contribution >= 0.6 is 11.3 Å². The van der Waals surface area contributed by atoms with Crippen LogP contribution < -0.4 is 10.1 Å². The van der Waals surface area contributed by atoms with Gasteiger partial charge in [0, 0.05) is 17.1 Å². The van der Waals surface area contributed by atoms with Crippen molar-refractivity contribution in [3.8, 4) is 5.75 Å². The number of carbonyl (C=O) groups is 2. The number of amides is 2. The molecule has 0 unspecified atom stereocenters. The maximum atomic E-state index is 13.1. The second kappa shape index (κ2) is 8.32. The highest BCUT2D eigenvalue weighted by atomic mass is 32.1. The van der Waals surface area contributed by atoms with Gasteiger partial charge in [-0.3, -0.25) is 14.5 Å². The lowest BCUT2D eigenvalue weighted by molar-refractivity contribution is -0.136. The molecule has 29 heavy (non-hydrogen) atoms. The molecule has 0 atom stereocenters. The van der Waals surface area contributed by atoms with Gasteiger partial charge in [0.15, 0.2) is 0 Å². The van der Waals surface area contributed by atoms with Crippen LogP contribution in [0.25, 0.3) is 5.57 Å². The van der Waals surface area contributed by atoms with Crippen LogP contribution in [-0.2, 0) is 16.0 Å². The fraction of sp³-hybridized carbons (Fsp3) is 0.130. The molecule has 5 nitrogen and oxygen atoms in total. The van der Waals surface area contributed by atoms with E-state index in [0.29, 0.717) is 24.2 Å². The second-order valence-corrected chi connectivity index (χ2v) is 7.53. The number of rotatable bonds is 7. The summed E-state index contributed by atoms with van der Waals surface area (Å²) in [4.78, 5) is 28.4. The first-order valence-electron chi connectivity index (χ1n) is 9.26. The minimum Gasteiger partial charge on any atom is -0.497 e. The second-order valence-electron chi connectivity index (χ2n) is 6.58. The van der Waals surface area contributed by atoms with E-state index in [1.807, 2.05) is 72.1 Å². The number of methoxy groups -OCH3 is 1. The smallest absolute Gasteiger partial charge is 0.278 e. The van der Waals surface area contributed by atoms with Crippen LogP contribution in [0.2, 0.25) is 0 Å². The van der Waals surface area contributed by atoms with Crippen LogP contribution in [0.1, 0.15) is 10.4 Å². The molecule has 3 aromatic rings. The van der Waals surface area contributed by atoms with Crippen molar-refractivity contribution in [1.82, 2.24) is 4.90 Å². The maximum Gasteiger partial charge on any atom is 0.278 e. The number of nitrogens with one attached hydrogen (secondary N) is 1. The summed E-state index contributed by atoms with van der Waals surface area (Å²) in [6.45, 7) is 0.318. The van der Waals surface area contributed by atoms with E-state index in [-0.39, 0.29) is 11.8 Å². The van der Waals surface area contributed by atoms with Crippen LogP contribution in [0.3, 0.4) is 0 Å². The SMILES string of the molecule is COc1ccc(CCN2C(=O)C(Nc3ccccc3)=C(c3cccs3)C2=O)cc1. The van der Waals surface area contributed by atoms with E-state index in [1.165, 1.54) is 16.2 Å². The minimum atomic E-state index is -0.296. The number of imide groups is 1. The van der Waals surface area contributed by atoms with Gasteiger partial charge in [-0.25, -0.2) is 0 Å². The first kappa shape index (κ1) is 19.0. The number of hydrogen-bond donors (Lipinski definition) is 1. The molecule has 0 bridgehead atoms. The van der Waals surface area contributed by atoms with Crippen molar-refractivity contribution in [2.75, 3.05) is 19.0 Å². The van der Waals surface area contributed by atoms with Gasteiger partial charge in [-0.2, -0.15) is 0 Å². The lowest BCUT2D eigenvalue weighted by atomic mass is 10.1. The summed E-state index contributed by atoms with van der Waals surface area (Å²) < 4.78 is 5.17. The molecule has 146 valence electrons. The topological polar surface area (TPSA) is 58.6 Å². The average Bonchev–Trinajstić information content (AvgIpc) is 3.35. The molecule has 2 aromatic carbocycles. The maximum absolute atomic E-state index is 13.1. The van der Waals surface area contributed by atoms with Crippen LogP contribution in [0.5, 0.6) is 5.75 Å². The predicted octanol–water partition coefficient (Wildman–Crippen LogP) is 4.19. The van der Waals surface area contributed by atoms with E-state index < -0.39 is 0 Å². The number of anilines is 1. The molecule has 1 aliphatic rings. The lowest BCUT2D eigenvalue weighted by Gasteiger charge is -2.15. The number of ether oxygens (including phenoxy) is 1. The van der Waals surface area contributed by atoms with Gasteiger partial charge in [-0.15, -0.1) is 11.3 Å². The molecule has 0 saturated heterocycles. The molecule has 4 rings (SSSR count). The highest BCUT2D eigenvalue weighted by molar-refractivity contribution is 7.11. The summed E-state index contributed by atoms with van der Waals surface area (Å²) in [5.74, 6) is 0.221. The molecule has 1 aromatic heterocycles. The number of nitrogens with zero attached hydrogens (tertiary/aromatic N) is 1.